The van der Waals surface area contributed by atoms with Crippen molar-refractivity contribution in [3.63, 3.8) is 0 Å². The lowest BCUT2D eigenvalue weighted by Crippen LogP contribution is -2.25. The maximum atomic E-state index is 12.4. The zero-order valence-electron chi connectivity index (χ0n) is 33.8. The third-order valence-corrected chi connectivity index (χ3v) is 10.1. The van der Waals surface area contributed by atoms with Gasteiger partial charge in [0.25, 0.3) is 0 Å². The molecule has 0 aromatic rings. The molecule has 9 heteroatoms. The second kappa shape index (κ2) is 40.7. The molecular formula is C43H82NO7P. The van der Waals surface area contributed by atoms with Crippen molar-refractivity contribution in [3.8, 4) is 0 Å². The molecule has 0 aliphatic rings. The van der Waals surface area contributed by atoms with Gasteiger partial charge in [0.15, 0.2) is 6.10 Å². The van der Waals surface area contributed by atoms with Gasteiger partial charge in [0.2, 0.25) is 0 Å². The van der Waals surface area contributed by atoms with E-state index in [1.807, 2.05) is 6.08 Å². The molecule has 0 spiro atoms. The monoisotopic (exact) mass is 756 g/mol. The molecule has 0 aromatic heterocycles. The fourth-order valence-electron chi connectivity index (χ4n) is 5.89. The molecule has 0 radical (unpaired) electrons. The maximum absolute atomic E-state index is 12.4. The van der Waals surface area contributed by atoms with Crippen molar-refractivity contribution in [1.82, 2.24) is 0 Å². The molecule has 52 heavy (non-hydrogen) atoms. The predicted molar refractivity (Wildman–Crippen MR) is 219 cm³/mol. The SMILES string of the molecule is CCCCC/C=C\C/C=C\CCCCCCCCCCCC(=O)OC[C@H](COP(=O)(O)OCCN)O/C=C\CCCCCCCCCCCCCC. The van der Waals surface area contributed by atoms with Crippen LogP contribution in [0.2, 0.25) is 0 Å². The highest BCUT2D eigenvalue weighted by Gasteiger charge is 2.24. The maximum Gasteiger partial charge on any atom is 0.472 e. The van der Waals surface area contributed by atoms with Crippen LogP contribution in [0.5, 0.6) is 0 Å². The van der Waals surface area contributed by atoms with Gasteiger partial charge in [-0.2, -0.15) is 0 Å². The fourth-order valence-corrected chi connectivity index (χ4v) is 6.66. The molecule has 0 fully saturated rings. The van der Waals surface area contributed by atoms with Crippen LogP contribution in [0.1, 0.15) is 200 Å². The quantitative estimate of drug-likeness (QED) is 0.0208. The summed E-state index contributed by atoms with van der Waals surface area (Å²) in [5, 5.41) is 0. The lowest BCUT2D eigenvalue weighted by atomic mass is 10.0. The van der Waals surface area contributed by atoms with Gasteiger partial charge in [-0.1, -0.05) is 167 Å². The summed E-state index contributed by atoms with van der Waals surface area (Å²) in [4.78, 5) is 22.3. The first-order valence-electron chi connectivity index (χ1n) is 21.5. The van der Waals surface area contributed by atoms with Crippen LogP contribution in [0.4, 0.5) is 0 Å². The standard InChI is InChI=1S/C43H82NO7P/c1-3-5-7-9-11-13-15-17-19-20-21-22-23-24-26-28-30-32-34-36-43(45)49-40-42(41-51-52(46,47)50-39-37-44)48-38-35-33-31-29-27-25-18-16-14-12-10-8-6-4-2/h11,13,17,19,35,38,42H,3-10,12,14-16,18,20-34,36-37,39-41,44H2,1-2H3,(H,46,47)/b13-11-,19-17-,38-35-/t42-/m1/s1. The van der Waals surface area contributed by atoms with Crippen LogP contribution in [0.3, 0.4) is 0 Å². The van der Waals surface area contributed by atoms with Crippen LogP contribution in [0.25, 0.3) is 0 Å². The van der Waals surface area contributed by atoms with Crippen LogP contribution < -0.4 is 5.73 Å². The van der Waals surface area contributed by atoms with E-state index in [0.717, 1.165) is 38.5 Å². The van der Waals surface area contributed by atoms with Crippen molar-refractivity contribution in [2.75, 3.05) is 26.4 Å². The Bertz CT molecular complexity index is 895. The Hall–Kier alpha value is -1.44. The molecule has 306 valence electrons. The molecule has 1 unspecified atom stereocenters. The Balaban J connectivity index is 4.05. The number of ether oxygens (including phenoxy) is 2. The van der Waals surface area contributed by atoms with Crippen LogP contribution in [0.15, 0.2) is 36.6 Å². The van der Waals surface area contributed by atoms with Crippen molar-refractivity contribution in [1.29, 1.82) is 0 Å². The van der Waals surface area contributed by atoms with E-state index in [1.54, 1.807) is 6.26 Å². The van der Waals surface area contributed by atoms with E-state index in [0.29, 0.717) is 6.42 Å². The number of allylic oxidation sites excluding steroid dienone is 5. The van der Waals surface area contributed by atoms with Gasteiger partial charge in [0.1, 0.15) is 6.61 Å². The Morgan fingerprint density at radius 1 is 0.596 bits per heavy atom. The van der Waals surface area contributed by atoms with Gasteiger partial charge in [0, 0.05) is 13.0 Å². The molecule has 2 atom stereocenters. The molecule has 0 heterocycles. The predicted octanol–water partition coefficient (Wildman–Crippen LogP) is 13.0. The first-order chi connectivity index (χ1) is 25.4. The second-order valence-corrected chi connectivity index (χ2v) is 15.7. The molecule has 0 saturated heterocycles. The number of carbonyl (C=O) groups is 1. The number of carbonyl (C=O) groups excluding carboxylic acids is 1. The molecule has 0 saturated carbocycles. The van der Waals surface area contributed by atoms with Crippen molar-refractivity contribution >= 4 is 13.8 Å². The number of phosphoric acid groups is 1. The van der Waals surface area contributed by atoms with Gasteiger partial charge in [-0.3, -0.25) is 13.8 Å². The molecule has 3 N–H and O–H groups in total. The van der Waals surface area contributed by atoms with E-state index in [4.69, 9.17) is 24.3 Å². The van der Waals surface area contributed by atoms with Crippen molar-refractivity contribution < 1.29 is 32.8 Å². The Kier molecular flexibility index (Phi) is 39.6. The van der Waals surface area contributed by atoms with E-state index >= 15 is 0 Å². The number of phosphoric ester groups is 1. The van der Waals surface area contributed by atoms with Crippen LogP contribution in [0, 0.1) is 0 Å². The number of hydrogen-bond acceptors (Lipinski definition) is 7. The summed E-state index contributed by atoms with van der Waals surface area (Å²) in [6.07, 6.45) is 46.9. The smallest absolute Gasteiger partial charge is 0.472 e. The van der Waals surface area contributed by atoms with Gasteiger partial charge < -0.3 is 20.1 Å². The average Bonchev–Trinajstić information content (AvgIpc) is 3.14. The van der Waals surface area contributed by atoms with E-state index in [-0.39, 0.29) is 32.3 Å². The molecule has 0 amide bonds. The topological polar surface area (TPSA) is 117 Å². The van der Waals surface area contributed by atoms with Gasteiger partial charge >= 0.3 is 13.8 Å². The molecule has 0 aliphatic carbocycles. The minimum Gasteiger partial charge on any atom is -0.492 e. The summed E-state index contributed by atoms with van der Waals surface area (Å²) in [6, 6.07) is 0. The minimum atomic E-state index is -4.26. The van der Waals surface area contributed by atoms with E-state index in [9.17, 15) is 14.3 Å². The Labute approximate surface area is 320 Å². The summed E-state index contributed by atoms with van der Waals surface area (Å²) in [6.45, 7) is 4.20. The molecule has 0 rings (SSSR count). The molecular weight excluding hydrogens is 673 g/mol. The van der Waals surface area contributed by atoms with Gasteiger partial charge in [-0.05, 0) is 57.4 Å². The minimum absolute atomic E-state index is 0.0649. The van der Waals surface area contributed by atoms with E-state index in [2.05, 4.69) is 38.2 Å². The van der Waals surface area contributed by atoms with Gasteiger partial charge in [-0.25, -0.2) is 4.57 Å². The normalized spacial score (nSPS) is 13.8. The number of hydrogen-bond donors (Lipinski definition) is 2. The zero-order chi connectivity index (χ0) is 38.1. The number of rotatable bonds is 41. The van der Waals surface area contributed by atoms with Crippen molar-refractivity contribution in [3.05, 3.63) is 36.6 Å². The second-order valence-electron chi connectivity index (χ2n) is 14.3. The first-order valence-corrected chi connectivity index (χ1v) is 23.0. The summed E-state index contributed by atoms with van der Waals surface area (Å²) in [5.41, 5.74) is 5.36. The summed E-state index contributed by atoms with van der Waals surface area (Å²) in [5.74, 6) is -0.294. The number of nitrogens with two attached hydrogens (primary N) is 1. The van der Waals surface area contributed by atoms with E-state index in [1.165, 1.54) is 141 Å². The van der Waals surface area contributed by atoms with Crippen LogP contribution >= 0.6 is 7.82 Å². The largest absolute Gasteiger partial charge is 0.492 e. The summed E-state index contributed by atoms with van der Waals surface area (Å²) in [7, 11) is -4.26. The fraction of sp³-hybridized carbons (Fsp3) is 0.837. The van der Waals surface area contributed by atoms with Gasteiger partial charge in [-0.15, -0.1) is 0 Å². The van der Waals surface area contributed by atoms with Crippen LogP contribution in [-0.2, 0) is 27.9 Å². The third kappa shape index (κ3) is 39.8. The number of esters is 1. The molecule has 0 aromatic carbocycles. The van der Waals surface area contributed by atoms with Crippen molar-refractivity contribution in [2.24, 2.45) is 5.73 Å². The highest BCUT2D eigenvalue weighted by Crippen LogP contribution is 2.43. The summed E-state index contributed by atoms with van der Waals surface area (Å²) < 4.78 is 33.2. The average molecular weight is 756 g/mol. The van der Waals surface area contributed by atoms with Gasteiger partial charge in [0.05, 0.1) is 19.5 Å². The van der Waals surface area contributed by atoms with Crippen molar-refractivity contribution in [2.45, 2.75) is 206 Å². The molecule has 8 nitrogen and oxygen atoms in total. The molecule has 0 bridgehead atoms. The highest BCUT2D eigenvalue weighted by atomic mass is 31.2. The lowest BCUT2D eigenvalue weighted by Gasteiger charge is -2.19. The zero-order valence-corrected chi connectivity index (χ0v) is 34.7. The Morgan fingerprint density at radius 3 is 1.56 bits per heavy atom. The van der Waals surface area contributed by atoms with E-state index < -0.39 is 13.9 Å². The first kappa shape index (κ1) is 50.6. The molecule has 0 aliphatic heterocycles. The lowest BCUT2D eigenvalue weighted by molar-refractivity contribution is -0.147. The third-order valence-electron chi connectivity index (χ3n) is 9.15. The highest BCUT2D eigenvalue weighted by molar-refractivity contribution is 7.47. The Morgan fingerprint density at radius 2 is 1.04 bits per heavy atom. The van der Waals surface area contributed by atoms with Crippen LogP contribution in [-0.4, -0.2) is 43.3 Å². The number of unbranched alkanes of at least 4 members (excludes halogenated alkanes) is 24. The summed E-state index contributed by atoms with van der Waals surface area (Å²) >= 11 is 0.